The maximum Gasteiger partial charge on any atom is 0.234 e. The molecule has 1 aliphatic heterocycles. The minimum Gasteiger partial charge on any atom is -0.493 e. The molecule has 2 aromatic carbocycles. The van der Waals surface area contributed by atoms with Gasteiger partial charge in [-0.15, -0.1) is 12.4 Å². The Hall–Kier alpha value is -2.28. The van der Waals surface area contributed by atoms with Gasteiger partial charge in [-0.2, -0.15) is 0 Å². The zero-order valence-corrected chi connectivity index (χ0v) is 18.7. The third-order valence-corrected chi connectivity index (χ3v) is 5.40. The van der Waals surface area contributed by atoms with Crippen molar-refractivity contribution in [1.82, 2.24) is 10.2 Å². The number of amides is 1. The van der Waals surface area contributed by atoms with Crippen LogP contribution in [0.3, 0.4) is 0 Å². The molecule has 3 atom stereocenters. The molecule has 1 heterocycles. The average Bonchev–Trinajstić information content (AvgIpc) is 3.08. The highest BCUT2D eigenvalue weighted by molar-refractivity contribution is 5.85. The Kier molecular flexibility index (Phi) is 8.96. The van der Waals surface area contributed by atoms with Gasteiger partial charge in [-0.1, -0.05) is 36.4 Å². The van der Waals surface area contributed by atoms with Crippen LogP contribution in [0.1, 0.15) is 36.9 Å². The predicted octanol–water partition coefficient (Wildman–Crippen LogP) is 3.12. The highest BCUT2D eigenvalue weighted by Gasteiger charge is 2.32. The standard InChI is InChI=1S/C23H31N3O3.ClH/c1-4-29-21-11-10-18(12-22(21)28-3)16(2)25-23(27)15-26-13-19(20(24)14-26)17-8-6-5-7-9-17;/h5-12,16,19-20H,4,13-15,24H2,1-3H3,(H,25,27);1H/t16?,19-,20+;/m0./s1. The van der Waals surface area contributed by atoms with E-state index in [2.05, 4.69) is 22.3 Å². The first-order valence-electron chi connectivity index (χ1n) is 10.1. The van der Waals surface area contributed by atoms with Crippen molar-refractivity contribution >= 4 is 18.3 Å². The molecule has 7 heteroatoms. The molecule has 0 aromatic heterocycles. The number of methoxy groups -OCH3 is 1. The Morgan fingerprint density at radius 1 is 1.20 bits per heavy atom. The molecule has 1 amide bonds. The van der Waals surface area contributed by atoms with Crippen LogP contribution in [0.2, 0.25) is 0 Å². The molecule has 3 N–H and O–H groups in total. The zero-order chi connectivity index (χ0) is 20.8. The molecular weight excluding hydrogens is 402 g/mol. The van der Waals surface area contributed by atoms with Crippen molar-refractivity contribution in [1.29, 1.82) is 0 Å². The average molecular weight is 434 g/mol. The van der Waals surface area contributed by atoms with Crippen molar-refractivity contribution in [2.45, 2.75) is 31.8 Å². The summed E-state index contributed by atoms with van der Waals surface area (Å²) in [5.74, 6) is 1.63. The SMILES string of the molecule is CCOc1ccc(C(C)NC(=O)CN2C[C@@H](N)[C@H](c3ccccc3)C2)cc1OC.Cl. The Balaban J connectivity index is 0.00000320. The third kappa shape index (κ3) is 5.88. The number of nitrogens with zero attached hydrogens (tertiary/aromatic N) is 1. The van der Waals surface area contributed by atoms with Crippen LogP contribution in [0.25, 0.3) is 0 Å². The number of nitrogens with one attached hydrogen (secondary N) is 1. The molecule has 1 saturated heterocycles. The Bertz CT molecular complexity index is 819. The minimum atomic E-state index is -0.131. The largest absolute Gasteiger partial charge is 0.493 e. The number of hydrogen-bond acceptors (Lipinski definition) is 5. The topological polar surface area (TPSA) is 76.8 Å². The van der Waals surface area contributed by atoms with Crippen LogP contribution in [0, 0.1) is 0 Å². The number of ether oxygens (including phenoxy) is 2. The number of likely N-dealkylation sites (tertiary alicyclic amines) is 1. The lowest BCUT2D eigenvalue weighted by atomic mass is 9.95. The van der Waals surface area contributed by atoms with E-state index in [0.717, 1.165) is 18.7 Å². The van der Waals surface area contributed by atoms with Crippen LogP contribution >= 0.6 is 12.4 Å². The molecular formula is C23H32ClN3O3. The van der Waals surface area contributed by atoms with Crippen LogP contribution in [0.4, 0.5) is 0 Å². The van der Waals surface area contributed by atoms with E-state index in [9.17, 15) is 4.79 Å². The maximum atomic E-state index is 12.6. The van der Waals surface area contributed by atoms with E-state index in [1.54, 1.807) is 7.11 Å². The molecule has 3 rings (SSSR count). The van der Waals surface area contributed by atoms with E-state index in [0.29, 0.717) is 24.7 Å². The summed E-state index contributed by atoms with van der Waals surface area (Å²) in [6.45, 7) is 6.33. The molecule has 0 bridgehead atoms. The van der Waals surface area contributed by atoms with Crippen LogP contribution in [-0.2, 0) is 4.79 Å². The van der Waals surface area contributed by atoms with Gasteiger partial charge in [0.2, 0.25) is 5.91 Å². The number of rotatable bonds is 8. The summed E-state index contributed by atoms with van der Waals surface area (Å²) < 4.78 is 11.0. The number of benzene rings is 2. The van der Waals surface area contributed by atoms with E-state index in [-0.39, 0.29) is 36.3 Å². The molecule has 1 aliphatic rings. The summed E-state index contributed by atoms with van der Waals surface area (Å²) in [6, 6.07) is 15.9. The lowest BCUT2D eigenvalue weighted by Crippen LogP contribution is -2.38. The summed E-state index contributed by atoms with van der Waals surface area (Å²) >= 11 is 0. The van der Waals surface area contributed by atoms with Gasteiger partial charge in [0, 0.05) is 25.0 Å². The zero-order valence-electron chi connectivity index (χ0n) is 17.8. The number of halogens is 1. The fourth-order valence-electron chi connectivity index (χ4n) is 3.90. The second-order valence-electron chi connectivity index (χ2n) is 7.51. The van der Waals surface area contributed by atoms with Crippen LogP contribution in [0.5, 0.6) is 11.5 Å². The van der Waals surface area contributed by atoms with Crippen LogP contribution in [-0.4, -0.2) is 50.2 Å². The van der Waals surface area contributed by atoms with E-state index in [1.165, 1.54) is 5.56 Å². The minimum absolute atomic E-state index is 0. The van der Waals surface area contributed by atoms with Gasteiger partial charge >= 0.3 is 0 Å². The van der Waals surface area contributed by atoms with E-state index >= 15 is 0 Å². The summed E-state index contributed by atoms with van der Waals surface area (Å²) in [4.78, 5) is 14.7. The van der Waals surface area contributed by atoms with Gasteiger partial charge in [0.15, 0.2) is 11.5 Å². The number of carbonyl (C=O) groups excluding carboxylic acids is 1. The lowest BCUT2D eigenvalue weighted by molar-refractivity contribution is -0.122. The molecule has 0 radical (unpaired) electrons. The van der Waals surface area contributed by atoms with Gasteiger partial charge < -0.3 is 20.5 Å². The normalized spacial score (nSPS) is 19.6. The predicted molar refractivity (Wildman–Crippen MR) is 122 cm³/mol. The molecule has 2 aromatic rings. The van der Waals surface area contributed by atoms with Crippen molar-refractivity contribution in [2.75, 3.05) is 33.4 Å². The fourth-order valence-corrected chi connectivity index (χ4v) is 3.90. The summed E-state index contributed by atoms with van der Waals surface area (Å²) in [5.41, 5.74) is 8.55. The number of nitrogens with two attached hydrogens (primary N) is 1. The van der Waals surface area contributed by atoms with Crippen molar-refractivity contribution in [3.8, 4) is 11.5 Å². The van der Waals surface area contributed by atoms with Gasteiger partial charge in [-0.05, 0) is 37.1 Å². The Labute approximate surface area is 185 Å². The van der Waals surface area contributed by atoms with Gasteiger partial charge in [-0.3, -0.25) is 9.69 Å². The van der Waals surface area contributed by atoms with E-state index in [4.69, 9.17) is 15.2 Å². The van der Waals surface area contributed by atoms with Gasteiger partial charge in [0.1, 0.15) is 0 Å². The smallest absolute Gasteiger partial charge is 0.234 e. The van der Waals surface area contributed by atoms with E-state index in [1.807, 2.05) is 50.2 Å². The number of hydrogen-bond donors (Lipinski definition) is 2. The summed E-state index contributed by atoms with van der Waals surface area (Å²) in [7, 11) is 1.62. The van der Waals surface area contributed by atoms with Gasteiger partial charge in [0.25, 0.3) is 0 Å². The lowest BCUT2D eigenvalue weighted by Gasteiger charge is -2.20. The van der Waals surface area contributed by atoms with Gasteiger partial charge in [0.05, 0.1) is 26.3 Å². The molecule has 1 fully saturated rings. The van der Waals surface area contributed by atoms with Crippen molar-refractivity contribution in [2.24, 2.45) is 5.73 Å². The first-order valence-corrected chi connectivity index (χ1v) is 10.1. The first kappa shape index (κ1) is 24.0. The second kappa shape index (κ2) is 11.2. The highest BCUT2D eigenvalue weighted by Crippen LogP contribution is 2.30. The summed E-state index contributed by atoms with van der Waals surface area (Å²) in [6.07, 6.45) is 0. The molecule has 1 unspecified atom stereocenters. The van der Waals surface area contributed by atoms with Crippen molar-refractivity contribution in [3.05, 3.63) is 59.7 Å². The maximum absolute atomic E-state index is 12.6. The Morgan fingerprint density at radius 2 is 1.93 bits per heavy atom. The Morgan fingerprint density at radius 3 is 2.60 bits per heavy atom. The molecule has 0 spiro atoms. The second-order valence-corrected chi connectivity index (χ2v) is 7.51. The van der Waals surface area contributed by atoms with Gasteiger partial charge in [-0.25, -0.2) is 0 Å². The van der Waals surface area contributed by atoms with Crippen LogP contribution in [0.15, 0.2) is 48.5 Å². The molecule has 30 heavy (non-hydrogen) atoms. The molecule has 6 nitrogen and oxygen atoms in total. The van der Waals surface area contributed by atoms with E-state index < -0.39 is 0 Å². The quantitative estimate of drug-likeness (QED) is 0.668. The van der Waals surface area contributed by atoms with Crippen molar-refractivity contribution in [3.63, 3.8) is 0 Å². The van der Waals surface area contributed by atoms with Crippen LogP contribution < -0.4 is 20.5 Å². The molecule has 0 aliphatic carbocycles. The molecule has 164 valence electrons. The number of carbonyl (C=O) groups is 1. The first-order chi connectivity index (χ1) is 14.0. The summed E-state index contributed by atoms with van der Waals surface area (Å²) in [5, 5.41) is 3.08. The fraction of sp³-hybridized carbons (Fsp3) is 0.435. The van der Waals surface area contributed by atoms with Crippen molar-refractivity contribution < 1.29 is 14.3 Å². The monoisotopic (exact) mass is 433 g/mol. The molecule has 0 saturated carbocycles. The third-order valence-electron chi connectivity index (χ3n) is 5.40. The highest BCUT2D eigenvalue weighted by atomic mass is 35.5.